The van der Waals surface area contributed by atoms with Gasteiger partial charge in [-0.15, -0.1) is 0 Å². The summed E-state index contributed by atoms with van der Waals surface area (Å²) in [5.41, 5.74) is 0.844. The van der Waals surface area contributed by atoms with Gasteiger partial charge in [-0.05, 0) is 32.0 Å². The monoisotopic (exact) mass is 248 g/mol. The lowest BCUT2D eigenvalue weighted by atomic mass is 10.2. The Bertz CT molecular complexity index is 289. The van der Waals surface area contributed by atoms with Gasteiger partial charge in [-0.3, -0.25) is 0 Å². The van der Waals surface area contributed by atoms with Crippen LogP contribution in [0.5, 0.6) is 0 Å². The Morgan fingerprint density at radius 3 is 1.87 bits per heavy atom. The number of hydrogen-bond donors (Lipinski definition) is 0. The van der Waals surface area contributed by atoms with Crippen molar-refractivity contribution in [2.45, 2.75) is 20.1 Å². The second kappa shape index (κ2) is 6.33. The van der Waals surface area contributed by atoms with Crippen molar-refractivity contribution in [1.29, 1.82) is 0 Å². The lowest BCUT2D eigenvalue weighted by Crippen LogP contribution is -2.08. The van der Waals surface area contributed by atoms with Crippen molar-refractivity contribution >= 4 is 23.2 Å². The Balaban J connectivity index is 2.88. The average Bonchev–Trinajstić information content (AvgIpc) is 2.16. The minimum Gasteiger partial charge on any atom is -0.349 e. The summed E-state index contributed by atoms with van der Waals surface area (Å²) in [4.78, 5) is 0. The molecule has 0 aromatic heterocycles. The van der Waals surface area contributed by atoms with Crippen LogP contribution in [0.15, 0.2) is 18.2 Å². The Hall–Kier alpha value is -0.280. The first kappa shape index (κ1) is 12.8. The molecule has 0 bridgehead atoms. The molecule has 0 aliphatic rings. The molecule has 1 aromatic carbocycles. The second-order valence-electron chi connectivity index (χ2n) is 2.95. The Kier molecular flexibility index (Phi) is 5.40. The van der Waals surface area contributed by atoms with Gasteiger partial charge in [-0.25, -0.2) is 0 Å². The average molecular weight is 249 g/mol. The van der Waals surface area contributed by atoms with Gasteiger partial charge in [-0.2, -0.15) is 0 Å². The van der Waals surface area contributed by atoms with Gasteiger partial charge in [-0.1, -0.05) is 23.2 Å². The molecule has 1 rings (SSSR count). The molecule has 0 saturated heterocycles. The van der Waals surface area contributed by atoms with E-state index in [0.29, 0.717) is 23.3 Å². The standard InChI is InChI=1S/C11H14Cl2O2/c1-3-14-11(15-4-2)8-5-9(12)7-10(13)6-8/h5-7,11H,3-4H2,1-2H3. The molecular formula is C11H14Cl2O2. The molecule has 0 atom stereocenters. The molecule has 0 radical (unpaired) electrons. The molecule has 0 fully saturated rings. The molecule has 0 amide bonds. The summed E-state index contributed by atoms with van der Waals surface area (Å²) in [6, 6.07) is 5.27. The van der Waals surface area contributed by atoms with Crippen LogP contribution in [0.3, 0.4) is 0 Å². The third-order valence-corrected chi connectivity index (χ3v) is 2.23. The van der Waals surface area contributed by atoms with Crippen molar-refractivity contribution in [2.75, 3.05) is 13.2 Å². The van der Waals surface area contributed by atoms with Crippen LogP contribution in [0.2, 0.25) is 10.0 Å². The molecule has 1 aromatic rings. The molecule has 0 heterocycles. The quantitative estimate of drug-likeness (QED) is 0.732. The normalized spacial score (nSPS) is 11.0. The van der Waals surface area contributed by atoms with Crippen molar-refractivity contribution in [2.24, 2.45) is 0 Å². The van der Waals surface area contributed by atoms with E-state index in [1.807, 2.05) is 13.8 Å². The van der Waals surface area contributed by atoms with Gasteiger partial charge in [0.25, 0.3) is 0 Å². The number of halogens is 2. The molecule has 15 heavy (non-hydrogen) atoms. The highest BCUT2D eigenvalue weighted by atomic mass is 35.5. The number of benzene rings is 1. The van der Waals surface area contributed by atoms with E-state index in [-0.39, 0.29) is 0 Å². The van der Waals surface area contributed by atoms with Crippen LogP contribution in [0.1, 0.15) is 25.7 Å². The molecule has 0 aliphatic heterocycles. The van der Waals surface area contributed by atoms with E-state index in [9.17, 15) is 0 Å². The van der Waals surface area contributed by atoms with Crippen molar-refractivity contribution in [3.8, 4) is 0 Å². The van der Waals surface area contributed by atoms with E-state index in [1.165, 1.54) is 0 Å². The highest BCUT2D eigenvalue weighted by Gasteiger charge is 2.12. The summed E-state index contributed by atoms with van der Waals surface area (Å²) < 4.78 is 10.9. The van der Waals surface area contributed by atoms with E-state index >= 15 is 0 Å². The van der Waals surface area contributed by atoms with Crippen LogP contribution >= 0.6 is 23.2 Å². The minimum atomic E-state index is -0.392. The molecule has 84 valence electrons. The van der Waals surface area contributed by atoms with Crippen LogP contribution in [0.25, 0.3) is 0 Å². The van der Waals surface area contributed by atoms with E-state index in [1.54, 1.807) is 18.2 Å². The van der Waals surface area contributed by atoms with Crippen LogP contribution in [0.4, 0.5) is 0 Å². The van der Waals surface area contributed by atoms with E-state index < -0.39 is 6.29 Å². The lowest BCUT2D eigenvalue weighted by molar-refractivity contribution is -0.140. The molecule has 4 heteroatoms. The summed E-state index contributed by atoms with van der Waals surface area (Å²) >= 11 is 11.8. The molecule has 0 spiro atoms. The van der Waals surface area contributed by atoms with Crippen molar-refractivity contribution in [3.05, 3.63) is 33.8 Å². The van der Waals surface area contributed by atoms with Crippen molar-refractivity contribution in [1.82, 2.24) is 0 Å². The topological polar surface area (TPSA) is 18.5 Å². The maximum absolute atomic E-state index is 5.90. The van der Waals surface area contributed by atoms with E-state index in [0.717, 1.165) is 5.56 Å². The summed E-state index contributed by atoms with van der Waals surface area (Å²) in [7, 11) is 0. The molecule has 0 saturated carbocycles. The van der Waals surface area contributed by atoms with Gasteiger partial charge >= 0.3 is 0 Å². The SMILES string of the molecule is CCOC(OCC)c1cc(Cl)cc(Cl)c1. The smallest absolute Gasteiger partial charge is 0.183 e. The van der Waals surface area contributed by atoms with E-state index in [4.69, 9.17) is 32.7 Å². The maximum atomic E-state index is 5.90. The number of hydrogen-bond acceptors (Lipinski definition) is 2. The fraction of sp³-hybridized carbons (Fsp3) is 0.455. The Morgan fingerprint density at radius 1 is 1.00 bits per heavy atom. The maximum Gasteiger partial charge on any atom is 0.183 e. The predicted octanol–water partition coefficient (Wildman–Crippen LogP) is 4.07. The zero-order valence-electron chi connectivity index (χ0n) is 8.80. The van der Waals surface area contributed by atoms with Gasteiger partial charge < -0.3 is 9.47 Å². The summed E-state index contributed by atoms with van der Waals surface area (Å²) in [5.74, 6) is 0. The predicted molar refractivity (Wildman–Crippen MR) is 62.5 cm³/mol. The van der Waals surface area contributed by atoms with Crippen molar-refractivity contribution < 1.29 is 9.47 Å². The van der Waals surface area contributed by atoms with Crippen LogP contribution in [-0.4, -0.2) is 13.2 Å². The zero-order chi connectivity index (χ0) is 11.3. The number of rotatable bonds is 5. The third-order valence-electron chi connectivity index (χ3n) is 1.79. The summed E-state index contributed by atoms with van der Waals surface area (Å²) in [5, 5.41) is 1.17. The van der Waals surface area contributed by atoms with Gasteiger partial charge in [0, 0.05) is 28.8 Å². The molecule has 0 N–H and O–H groups in total. The lowest BCUT2D eigenvalue weighted by Gasteiger charge is -2.17. The first-order chi connectivity index (χ1) is 7.17. The molecule has 2 nitrogen and oxygen atoms in total. The van der Waals surface area contributed by atoms with Gasteiger partial charge in [0.1, 0.15) is 0 Å². The summed E-state index contributed by atoms with van der Waals surface area (Å²) in [6.45, 7) is 4.99. The van der Waals surface area contributed by atoms with Crippen LogP contribution < -0.4 is 0 Å². The third kappa shape index (κ3) is 3.99. The molecule has 0 aliphatic carbocycles. The van der Waals surface area contributed by atoms with Crippen molar-refractivity contribution in [3.63, 3.8) is 0 Å². The van der Waals surface area contributed by atoms with Gasteiger partial charge in [0.15, 0.2) is 6.29 Å². The van der Waals surface area contributed by atoms with Gasteiger partial charge in [0.2, 0.25) is 0 Å². The first-order valence-electron chi connectivity index (χ1n) is 4.86. The molecular weight excluding hydrogens is 235 g/mol. The van der Waals surface area contributed by atoms with E-state index in [2.05, 4.69) is 0 Å². The zero-order valence-corrected chi connectivity index (χ0v) is 10.3. The number of ether oxygens (including phenoxy) is 2. The Labute approximate surface area is 100 Å². The molecule has 0 unspecified atom stereocenters. The fourth-order valence-corrected chi connectivity index (χ4v) is 1.80. The highest BCUT2D eigenvalue weighted by molar-refractivity contribution is 6.34. The second-order valence-corrected chi connectivity index (χ2v) is 3.82. The summed E-state index contributed by atoms with van der Waals surface area (Å²) in [6.07, 6.45) is -0.392. The Morgan fingerprint density at radius 2 is 1.47 bits per heavy atom. The van der Waals surface area contributed by atoms with Gasteiger partial charge in [0.05, 0.1) is 0 Å². The van der Waals surface area contributed by atoms with Crippen LogP contribution in [0, 0.1) is 0 Å². The highest BCUT2D eigenvalue weighted by Crippen LogP contribution is 2.26. The van der Waals surface area contributed by atoms with Crippen LogP contribution in [-0.2, 0) is 9.47 Å². The fourth-order valence-electron chi connectivity index (χ4n) is 1.25. The largest absolute Gasteiger partial charge is 0.349 e. The first-order valence-corrected chi connectivity index (χ1v) is 5.62. The minimum absolute atomic E-state index is 0.392.